The number of hydrogen-bond donors (Lipinski definition) is 0. The summed E-state index contributed by atoms with van der Waals surface area (Å²) in [5.74, 6) is -2.73. The van der Waals surface area contributed by atoms with Gasteiger partial charge in [0.15, 0.2) is 0 Å². The largest absolute Gasteiger partial charge is 1.00 e. The standard InChI is InChI=1S/C21H20FN2O5.Na/c1-3-28-20(26)15(9-23)13-8-18-14(7-17(13)22)19(25)16(21(27)29-4-2)11-24(18)10-12-5-6-12;/h7-8,11-12H,3-6,10H2,1-2H3;/q-1;+1. The Morgan fingerprint density at radius 3 is 2.50 bits per heavy atom. The van der Waals surface area contributed by atoms with Crippen LogP contribution < -0.4 is 35.0 Å². The maximum absolute atomic E-state index is 14.8. The molecule has 0 radical (unpaired) electrons. The molecule has 7 nitrogen and oxygen atoms in total. The maximum atomic E-state index is 14.8. The number of hydrogen-bond acceptors (Lipinski definition) is 6. The molecule has 0 N–H and O–H groups in total. The number of halogens is 1. The minimum atomic E-state index is -0.938. The Morgan fingerprint density at radius 1 is 1.27 bits per heavy atom. The van der Waals surface area contributed by atoms with E-state index < -0.39 is 29.1 Å². The average Bonchev–Trinajstić information content (AvgIpc) is 3.50. The van der Waals surface area contributed by atoms with Crippen molar-refractivity contribution in [1.82, 2.24) is 4.57 Å². The Balaban J connectivity index is 0.00000320. The molecule has 0 atom stereocenters. The summed E-state index contributed by atoms with van der Waals surface area (Å²) in [5, 5.41) is 9.33. The summed E-state index contributed by atoms with van der Waals surface area (Å²) in [6.45, 7) is 3.87. The van der Waals surface area contributed by atoms with Crippen LogP contribution >= 0.6 is 0 Å². The van der Waals surface area contributed by atoms with Gasteiger partial charge in [-0.1, -0.05) is 6.07 Å². The third-order valence-electron chi connectivity index (χ3n) is 4.68. The van der Waals surface area contributed by atoms with Gasteiger partial charge in [-0.15, -0.1) is 11.6 Å². The molecule has 1 aliphatic rings. The smallest absolute Gasteiger partial charge is 0.471 e. The predicted octanol–water partition coefficient (Wildman–Crippen LogP) is -0.259. The van der Waals surface area contributed by atoms with Crippen molar-refractivity contribution in [2.75, 3.05) is 13.2 Å². The second kappa shape index (κ2) is 10.1. The third-order valence-corrected chi connectivity index (χ3v) is 4.68. The van der Waals surface area contributed by atoms with E-state index in [4.69, 9.17) is 9.47 Å². The molecule has 1 aromatic heterocycles. The van der Waals surface area contributed by atoms with Gasteiger partial charge in [0.25, 0.3) is 5.97 Å². The Labute approximate surface area is 195 Å². The van der Waals surface area contributed by atoms with Crippen LogP contribution in [0.2, 0.25) is 0 Å². The van der Waals surface area contributed by atoms with Gasteiger partial charge in [-0.25, -0.2) is 10.1 Å². The molecule has 1 aliphatic carbocycles. The first-order valence-electron chi connectivity index (χ1n) is 9.39. The molecule has 1 saturated carbocycles. The molecule has 0 saturated heterocycles. The number of carbonyl (C=O) groups excluding carboxylic acids is 2. The van der Waals surface area contributed by atoms with Gasteiger partial charge in [0.05, 0.1) is 13.2 Å². The fraction of sp³-hybridized carbons (Fsp3) is 0.381. The molecule has 9 heteroatoms. The number of fused-ring (bicyclic) bond motifs is 1. The topological polar surface area (TPSA) is 98.4 Å². The van der Waals surface area contributed by atoms with E-state index in [-0.39, 0.29) is 59.3 Å². The van der Waals surface area contributed by atoms with Crippen LogP contribution in [0.1, 0.15) is 42.6 Å². The van der Waals surface area contributed by atoms with Crippen molar-refractivity contribution in [2.45, 2.75) is 33.2 Å². The normalized spacial score (nSPS) is 12.6. The van der Waals surface area contributed by atoms with E-state index in [1.165, 1.54) is 12.3 Å². The second-order valence-electron chi connectivity index (χ2n) is 6.74. The number of esters is 2. The SMILES string of the molecule is CCOC(=O)c1cn(CC2CC2)c2cc([C-](C#N)C(=O)OCC)c(F)cc2c1=O.[Na+]. The first-order chi connectivity index (χ1) is 13.9. The average molecular weight is 422 g/mol. The van der Waals surface area contributed by atoms with E-state index in [1.54, 1.807) is 24.5 Å². The first-order valence-corrected chi connectivity index (χ1v) is 9.39. The Hall–Kier alpha value is -2.34. The summed E-state index contributed by atoms with van der Waals surface area (Å²) in [6.07, 6.45) is 3.42. The number of nitrogens with zero attached hydrogens (tertiary/aromatic N) is 2. The van der Waals surface area contributed by atoms with Crippen LogP contribution in [0.5, 0.6) is 0 Å². The van der Waals surface area contributed by atoms with Gasteiger partial charge >= 0.3 is 35.5 Å². The Kier molecular flexibility index (Phi) is 8.07. The number of aromatic nitrogens is 1. The zero-order valence-corrected chi connectivity index (χ0v) is 19.2. The predicted molar refractivity (Wildman–Crippen MR) is 101 cm³/mol. The van der Waals surface area contributed by atoms with Crippen LogP contribution in [-0.4, -0.2) is 29.7 Å². The molecule has 0 bridgehead atoms. The summed E-state index contributed by atoms with van der Waals surface area (Å²) in [6, 6.07) is 3.93. The van der Waals surface area contributed by atoms with Crippen LogP contribution in [-0.2, 0) is 20.8 Å². The van der Waals surface area contributed by atoms with Gasteiger partial charge in [-0.3, -0.25) is 14.0 Å². The molecule has 0 amide bonds. The third kappa shape index (κ3) is 4.86. The number of ether oxygens (including phenoxy) is 2. The number of pyridine rings is 1. The zero-order chi connectivity index (χ0) is 21.1. The van der Waals surface area contributed by atoms with Gasteiger partial charge in [-0.05, 0) is 38.1 Å². The summed E-state index contributed by atoms with van der Waals surface area (Å²) >= 11 is 0. The van der Waals surface area contributed by atoms with Crippen molar-refractivity contribution >= 4 is 22.8 Å². The summed E-state index contributed by atoms with van der Waals surface area (Å²) in [5.41, 5.74) is -0.748. The van der Waals surface area contributed by atoms with E-state index in [2.05, 4.69) is 0 Å². The fourth-order valence-electron chi connectivity index (χ4n) is 3.10. The molecular formula is C21H20FN2NaO5. The van der Waals surface area contributed by atoms with Crippen LogP contribution in [0.3, 0.4) is 0 Å². The zero-order valence-electron chi connectivity index (χ0n) is 17.2. The number of rotatable bonds is 7. The van der Waals surface area contributed by atoms with Gasteiger partial charge in [-0.2, -0.15) is 0 Å². The molecule has 0 unspecified atom stereocenters. The molecule has 30 heavy (non-hydrogen) atoms. The molecule has 0 aliphatic heterocycles. The van der Waals surface area contributed by atoms with Crippen LogP contribution in [0.25, 0.3) is 10.9 Å². The second-order valence-corrected chi connectivity index (χ2v) is 6.74. The van der Waals surface area contributed by atoms with E-state index in [0.29, 0.717) is 18.0 Å². The monoisotopic (exact) mass is 422 g/mol. The molecule has 1 heterocycles. The maximum Gasteiger partial charge on any atom is 1.00 e. The molecular weight excluding hydrogens is 402 g/mol. The summed E-state index contributed by atoms with van der Waals surface area (Å²) < 4.78 is 26.2. The fourth-order valence-corrected chi connectivity index (χ4v) is 3.10. The van der Waals surface area contributed by atoms with E-state index >= 15 is 0 Å². The van der Waals surface area contributed by atoms with Crippen LogP contribution in [0.4, 0.5) is 4.39 Å². The molecule has 0 spiro atoms. The van der Waals surface area contributed by atoms with Gasteiger partial charge < -0.3 is 14.0 Å². The first kappa shape index (κ1) is 23.9. The minimum absolute atomic E-state index is 0. The summed E-state index contributed by atoms with van der Waals surface area (Å²) in [4.78, 5) is 37.0. The van der Waals surface area contributed by atoms with Crippen molar-refractivity contribution in [3.63, 3.8) is 0 Å². The molecule has 1 fully saturated rings. The van der Waals surface area contributed by atoms with E-state index in [0.717, 1.165) is 18.9 Å². The van der Waals surface area contributed by atoms with Gasteiger partial charge in [0, 0.05) is 35.9 Å². The van der Waals surface area contributed by atoms with Gasteiger partial charge in [0.1, 0.15) is 5.56 Å². The van der Waals surface area contributed by atoms with Crippen molar-refractivity contribution in [3.8, 4) is 6.07 Å². The van der Waals surface area contributed by atoms with Crippen molar-refractivity contribution < 1.29 is 53.0 Å². The molecule has 1 aromatic carbocycles. The van der Waals surface area contributed by atoms with Crippen LogP contribution in [0.15, 0.2) is 23.1 Å². The van der Waals surface area contributed by atoms with E-state index in [1.807, 2.05) is 0 Å². The van der Waals surface area contributed by atoms with Crippen molar-refractivity contribution in [1.29, 1.82) is 5.26 Å². The Bertz CT molecular complexity index is 1070. The van der Waals surface area contributed by atoms with Crippen molar-refractivity contribution in [2.24, 2.45) is 5.92 Å². The summed E-state index contributed by atoms with van der Waals surface area (Å²) in [7, 11) is 0. The van der Waals surface area contributed by atoms with E-state index in [9.17, 15) is 24.0 Å². The van der Waals surface area contributed by atoms with Crippen LogP contribution in [0, 0.1) is 29.0 Å². The molecule has 152 valence electrons. The number of carbonyl (C=O) groups is 2. The van der Waals surface area contributed by atoms with Crippen molar-refractivity contribution in [3.05, 3.63) is 51.4 Å². The molecule has 3 rings (SSSR count). The molecule has 2 aromatic rings. The quantitative estimate of drug-likeness (QED) is 0.347. The number of benzene rings is 1. The Morgan fingerprint density at radius 2 is 1.93 bits per heavy atom. The number of nitriles is 1. The minimum Gasteiger partial charge on any atom is -0.471 e. The van der Waals surface area contributed by atoms with Gasteiger partial charge in [0.2, 0.25) is 5.43 Å².